The van der Waals surface area contributed by atoms with E-state index in [1.54, 1.807) is 0 Å². The summed E-state index contributed by atoms with van der Waals surface area (Å²) in [6, 6.07) is -0.839. The van der Waals surface area contributed by atoms with Crippen LogP contribution in [0.4, 0.5) is 0 Å². The van der Waals surface area contributed by atoms with Crippen LogP contribution in [-0.4, -0.2) is 45.5 Å². The zero-order valence-corrected chi connectivity index (χ0v) is 9.05. The number of hydrogen-bond donors (Lipinski definition) is 1. The second-order valence-electron chi connectivity index (χ2n) is 2.88. The van der Waals surface area contributed by atoms with E-state index < -0.39 is 33.5 Å². The Kier molecular flexibility index (Phi) is 4.55. The van der Waals surface area contributed by atoms with Crippen molar-refractivity contribution in [2.45, 2.75) is 13.0 Å². The fraction of sp³-hybridized carbons (Fsp3) is 0.714. The minimum absolute atomic E-state index is 0.619. The van der Waals surface area contributed by atoms with E-state index in [0.717, 1.165) is 6.26 Å². The Morgan fingerprint density at radius 2 is 1.93 bits per heavy atom. The van der Waals surface area contributed by atoms with E-state index in [1.165, 1.54) is 14.0 Å². The number of carbonyl (C=O) groups is 2. The van der Waals surface area contributed by atoms with Crippen LogP contribution in [-0.2, 0) is 24.2 Å². The molecule has 0 spiro atoms. The summed E-state index contributed by atoms with van der Waals surface area (Å²) in [6.45, 7) is 1.41. The van der Waals surface area contributed by atoms with Crippen molar-refractivity contribution in [1.82, 2.24) is 5.32 Å². The van der Waals surface area contributed by atoms with Gasteiger partial charge >= 0.3 is 5.97 Å². The van der Waals surface area contributed by atoms with Gasteiger partial charge in [0.25, 0.3) is 0 Å². The zero-order chi connectivity index (χ0) is 11.4. The summed E-state index contributed by atoms with van der Waals surface area (Å²) in [6.07, 6.45) is 0.940. The maximum atomic E-state index is 11.0. The highest BCUT2D eigenvalue weighted by Gasteiger charge is 2.18. The molecule has 1 amide bonds. The fourth-order valence-electron chi connectivity index (χ4n) is 0.757. The summed E-state index contributed by atoms with van der Waals surface area (Å²) in [5, 5.41) is 2.19. The molecule has 0 fully saturated rings. The molecule has 0 saturated heterocycles. The van der Waals surface area contributed by atoms with Gasteiger partial charge in [-0.3, -0.25) is 4.79 Å². The quantitative estimate of drug-likeness (QED) is 0.599. The van der Waals surface area contributed by atoms with Crippen molar-refractivity contribution in [2.24, 2.45) is 0 Å². The van der Waals surface area contributed by atoms with Gasteiger partial charge < -0.3 is 10.1 Å². The SMILES string of the molecule is COC(=O)C(C)NC(=O)CS(C)(=O)=O. The molecule has 14 heavy (non-hydrogen) atoms. The topological polar surface area (TPSA) is 89.5 Å². The number of hydrogen-bond acceptors (Lipinski definition) is 5. The number of nitrogens with one attached hydrogen (secondary N) is 1. The number of amides is 1. The molecule has 0 aliphatic heterocycles. The molecule has 0 aliphatic rings. The Morgan fingerprint density at radius 1 is 1.43 bits per heavy atom. The Hall–Kier alpha value is -1.11. The maximum absolute atomic E-state index is 11.0. The highest BCUT2D eigenvalue weighted by atomic mass is 32.2. The first-order valence-corrected chi connectivity index (χ1v) is 5.87. The first-order chi connectivity index (χ1) is 6.26. The molecule has 0 aromatic rings. The van der Waals surface area contributed by atoms with Crippen molar-refractivity contribution in [3.8, 4) is 0 Å². The standard InChI is InChI=1S/C7H13NO5S/c1-5(7(10)13-2)8-6(9)4-14(3,11)12/h5H,4H2,1-3H3,(H,8,9). The maximum Gasteiger partial charge on any atom is 0.328 e. The van der Waals surface area contributed by atoms with Crippen LogP contribution in [0, 0.1) is 0 Å². The van der Waals surface area contributed by atoms with Crippen molar-refractivity contribution in [2.75, 3.05) is 19.1 Å². The van der Waals surface area contributed by atoms with Gasteiger partial charge in [0, 0.05) is 6.26 Å². The zero-order valence-electron chi connectivity index (χ0n) is 8.23. The van der Waals surface area contributed by atoms with Crippen LogP contribution in [0.2, 0.25) is 0 Å². The summed E-state index contributed by atoms with van der Waals surface area (Å²) in [4.78, 5) is 21.8. The van der Waals surface area contributed by atoms with Gasteiger partial charge in [0.1, 0.15) is 11.8 Å². The van der Waals surface area contributed by atoms with E-state index in [1.807, 2.05) is 0 Å². The predicted molar refractivity (Wildman–Crippen MR) is 49.3 cm³/mol. The van der Waals surface area contributed by atoms with Crippen LogP contribution in [0.1, 0.15) is 6.92 Å². The predicted octanol–water partition coefficient (Wildman–Crippen LogP) is -1.29. The lowest BCUT2D eigenvalue weighted by Crippen LogP contribution is -2.41. The number of methoxy groups -OCH3 is 1. The summed E-state index contributed by atoms with van der Waals surface area (Å²) in [7, 11) is -2.18. The molecule has 0 saturated carbocycles. The van der Waals surface area contributed by atoms with Gasteiger partial charge in [0.05, 0.1) is 7.11 Å². The Morgan fingerprint density at radius 3 is 2.29 bits per heavy atom. The van der Waals surface area contributed by atoms with Crippen LogP contribution < -0.4 is 5.32 Å². The van der Waals surface area contributed by atoms with Gasteiger partial charge in [-0.2, -0.15) is 0 Å². The number of sulfone groups is 1. The molecular weight excluding hydrogens is 210 g/mol. The van der Waals surface area contributed by atoms with Gasteiger partial charge in [-0.15, -0.1) is 0 Å². The Bertz CT molecular complexity index is 321. The van der Waals surface area contributed by atoms with Crippen molar-refractivity contribution < 1.29 is 22.7 Å². The molecule has 0 aliphatic carbocycles. The smallest absolute Gasteiger partial charge is 0.328 e. The number of rotatable bonds is 4. The van der Waals surface area contributed by atoms with E-state index >= 15 is 0 Å². The second kappa shape index (κ2) is 4.94. The van der Waals surface area contributed by atoms with Crippen LogP contribution in [0.3, 0.4) is 0 Å². The molecule has 6 nitrogen and oxygen atoms in total. The average molecular weight is 223 g/mol. The molecule has 1 unspecified atom stereocenters. The fourth-order valence-corrected chi connectivity index (χ4v) is 1.32. The van der Waals surface area contributed by atoms with E-state index in [0.29, 0.717) is 0 Å². The van der Waals surface area contributed by atoms with Gasteiger partial charge in [0.2, 0.25) is 5.91 Å². The minimum Gasteiger partial charge on any atom is -0.467 e. The highest BCUT2D eigenvalue weighted by Crippen LogP contribution is 1.88. The van der Waals surface area contributed by atoms with E-state index in [2.05, 4.69) is 10.1 Å². The third-order valence-corrected chi connectivity index (χ3v) is 2.11. The van der Waals surface area contributed by atoms with Crippen molar-refractivity contribution >= 4 is 21.7 Å². The molecule has 82 valence electrons. The minimum atomic E-state index is -3.37. The normalized spacial score (nSPS) is 13.1. The van der Waals surface area contributed by atoms with Gasteiger partial charge in [0.15, 0.2) is 9.84 Å². The average Bonchev–Trinajstić information content (AvgIpc) is 1.99. The summed E-state index contributed by atoms with van der Waals surface area (Å²) in [5.41, 5.74) is 0. The van der Waals surface area contributed by atoms with E-state index in [-0.39, 0.29) is 0 Å². The van der Waals surface area contributed by atoms with Crippen molar-refractivity contribution in [3.63, 3.8) is 0 Å². The van der Waals surface area contributed by atoms with Crippen LogP contribution in [0.15, 0.2) is 0 Å². The molecule has 1 N–H and O–H groups in total. The summed E-state index contributed by atoms with van der Waals surface area (Å²) >= 11 is 0. The molecule has 0 aromatic carbocycles. The third kappa shape index (κ3) is 5.52. The highest BCUT2D eigenvalue weighted by molar-refractivity contribution is 7.91. The lowest BCUT2D eigenvalue weighted by Gasteiger charge is -2.10. The van der Waals surface area contributed by atoms with Gasteiger partial charge in [-0.05, 0) is 6.92 Å². The first-order valence-electron chi connectivity index (χ1n) is 3.81. The van der Waals surface area contributed by atoms with Crippen molar-refractivity contribution in [1.29, 1.82) is 0 Å². The lowest BCUT2D eigenvalue weighted by atomic mass is 10.3. The number of ether oxygens (including phenoxy) is 1. The largest absolute Gasteiger partial charge is 0.467 e. The number of carbonyl (C=O) groups excluding carboxylic acids is 2. The molecule has 0 bridgehead atoms. The Balaban J connectivity index is 4.14. The lowest BCUT2D eigenvalue weighted by molar-refractivity contribution is -0.144. The molecular formula is C7H13NO5S. The van der Waals surface area contributed by atoms with Crippen LogP contribution in [0.5, 0.6) is 0 Å². The summed E-state index contributed by atoms with van der Waals surface area (Å²) < 4.78 is 25.7. The van der Waals surface area contributed by atoms with Crippen LogP contribution in [0.25, 0.3) is 0 Å². The van der Waals surface area contributed by atoms with E-state index in [9.17, 15) is 18.0 Å². The molecule has 1 atom stereocenters. The molecule has 0 aromatic heterocycles. The number of esters is 1. The molecule has 7 heteroatoms. The molecule has 0 radical (unpaired) electrons. The van der Waals surface area contributed by atoms with Gasteiger partial charge in [-0.1, -0.05) is 0 Å². The first kappa shape index (κ1) is 12.9. The van der Waals surface area contributed by atoms with E-state index in [4.69, 9.17) is 0 Å². The third-order valence-electron chi connectivity index (χ3n) is 1.33. The van der Waals surface area contributed by atoms with Gasteiger partial charge in [-0.25, -0.2) is 13.2 Å². The summed E-state index contributed by atoms with van der Waals surface area (Å²) in [5.74, 6) is -1.97. The monoisotopic (exact) mass is 223 g/mol. The second-order valence-corrected chi connectivity index (χ2v) is 5.02. The molecule has 0 rings (SSSR count). The van der Waals surface area contributed by atoms with Crippen LogP contribution >= 0.6 is 0 Å². The van der Waals surface area contributed by atoms with Crippen molar-refractivity contribution in [3.05, 3.63) is 0 Å². The Labute approximate surface area is 82.5 Å². The molecule has 0 heterocycles.